The van der Waals surface area contributed by atoms with Crippen LogP contribution in [0.15, 0.2) is 60.7 Å². The zero-order chi connectivity index (χ0) is 24.2. The third-order valence-corrected chi connectivity index (χ3v) is 5.19. The minimum Gasteiger partial charge on any atom is -0.497 e. The third kappa shape index (κ3) is 5.81. The first-order valence-electron chi connectivity index (χ1n) is 9.92. The number of ether oxygens (including phenoxy) is 3. The molecule has 0 aliphatic heterocycles. The Morgan fingerprint density at radius 1 is 1.00 bits per heavy atom. The number of ketones is 1. The number of carbonyl (C=O) groups is 2. The summed E-state index contributed by atoms with van der Waals surface area (Å²) in [4.78, 5) is 24.6. The minimum atomic E-state index is -1.55. The van der Waals surface area contributed by atoms with Gasteiger partial charge >= 0.3 is 5.97 Å². The Labute approximate surface area is 195 Å². The summed E-state index contributed by atoms with van der Waals surface area (Å²) in [5.74, 6) is -0.956. The number of carboxylic acid groups (broad SMARTS) is 1. The number of hydrogen-bond acceptors (Lipinski definition) is 5. The van der Waals surface area contributed by atoms with Crippen molar-refractivity contribution >= 4 is 23.4 Å². The maximum atomic E-state index is 13.2. The Kier molecular flexibility index (Phi) is 7.23. The van der Waals surface area contributed by atoms with E-state index < -0.39 is 17.4 Å². The molecule has 0 aliphatic rings. The summed E-state index contributed by atoms with van der Waals surface area (Å²) in [6, 6.07) is 15.1. The number of hydrogen-bond donors (Lipinski definition) is 1. The van der Waals surface area contributed by atoms with Gasteiger partial charge in [-0.2, -0.15) is 0 Å². The molecule has 3 aromatic rings. The zero-order valence-electron chi connectivity index (χ0n) is 18.2. The van der Waals surface area contributed by atoms with Crippen LogP contribution >= 0.6 is 11.6 Å². The average molecular weight is 473 g/mol. The van der Waals surface area contributed by atoms with E-state index in [1.165, 1.54) is 45.2 Å². The Hall–Kier alpha value is -3.58. The Morgan fingerprint density at radius 3 is 2.27 bits per heavy atom. The van der Waals surface area contributed by atoms with E-state index in [2.05, 4.69) is 0 Å². The van der Waals surface area contributed by atoms with Crippen molar-refractivity contribution in [2.75, 3.05) is 7.11 Å². The lowest BCUT2D eigenvalue weighted by atomic mass is 10.0. The van der Waals surface area contributed by atoms with Gasteiger partial charge in [-0.15, -0.1) is 0 Å². The van der Waals surface area contributed by atoms with Gasteiger partial charge in [0.25, 0.3) is 0 Å². The van der Waals surface area contributed by atoms with Crippen LogP contribution in [-0.2, 0) is 11.4 Å². The topological polar surface area (TPSA) is 82.1 Å². The van der Waals surface area contributed by atoms with Crippen molar-refractivity contribution in [2.24, 2.45) is 0 Å². The molecule has 0 aliphatic carbocycles. The lowest BCUT2D eigenvalue weighted by Crippen LogP contribution is -2.38. The van der Waals surface area contributed by atoms with Crippen LogP contribution in [0.1, 0.15) is 35.3 Å². The van der Waals surface area contributed by atoms with Crippen molar-refractivity contribution in [3.8, 4) is 17.2 Å². The van der Waals surface area contributed by atoms with Crippen LogP contribution in [0.4, 0.5) is 4.39 Å². The van der Waals surface area contributed by atoms with Gasteiger partial charge in [-0.25, -0.2) is 9.18 Å². The van der Waals surface area contributed by atoms with Crippen molar-refractivity contribution in [1.29, 1.82) is 0 Å². The molecule has 172 valence electrons. The highest BCUT2D eigenvalue weighted by Crippen LogP contribution is 2.31. The van der Waals surface area contributed by atoms with Gasteiger partial charge in [-0.1, -0.05) is 17.7 Å². The third-order valence-electron chi connectivity index (χ3n) is 4.84. The highest BCUT2D eigenvalue weighted by molar-refractivity contribution is 6.31. The first-order chi connectivity index (χ1) is 15.6. The first-order valence-corrected chi connectivity index (χ1v) is 10.3. The van der Waals surface area contributed by atoms with Crippen LogP contribution in [0.3, 0.4) is 0 Å². The molecule has 0 amide bonds. The number of benzene rings is 3. The molecule has 0 heterocycles. The SMILES string of the molecule is COc1ccc(C(=O)c2ccc(OCc3ccc(F)cc3Cl)cc2)c(OC(C)(C)C(=O)O)c1. The Balaban J connectivity index is 1.80. The molecule has 0 unspecified atom stereocenters. The zero-order valence-corrected chi connectivity index (χ0v) is 19.0. The predicted octanol–water partition coefficient (Wildman–Crippen LogP) is 5.54. The van der Waals surface area contributed by atoms with Crippen LogP contribution in [-0.4, -0.2) is 29.6 Å². The molecule has 0 bridgehead atoms. The number of carbonyl (C=O) groups excluding carboxylic acids is 1. The molecule has 0 fully saturated rings. The summed E-state index contributed by atoms with van der Waals surface area (Å²) in [6.07, 6.45) is 0. The van der Waals surface area contributed by atoms with Crippen molar-refractivity contribution in [2.45, 2.75) is 26.1 Å². The second-order valence-corrected chi connectivity index (χ2v) is 8.06. The molecule has 0 spiro atoms. The number of methoxy groups -OCH3 is 1. The molecule has 0 radical (unpaired) electrons. The Morgan fingerprint density at radius 2 is 1.67 bits per heavy atom. The van der Waals surface area contributed by atoms with Crippen LogP contribution in [0.5, 0.6) is 17.2 Å². The summed E-state index contributed by atoms with van der Waals surface area (Å²) in [5, 5.41) is 9.65. The van der Waals surface area contributed by atoms with Crippen molar-refractivity contribution < 1.29 is 33.3 Å². The molecule has 0 atom stereocenters. The lowest BCUT2D eigenvalue weighted by molar-refractivity contribution is -0.152. The van der Waals surface area contributed by atoms with E-state index in [9.17, 15) is 19.1 Å². The molecular weight excluding hydrogens is 451 g/mol. The minimum absolute atomic E-state index is 0.0954. The second-order valence-electron chi connectivity index (χ2n) is 7.66. The molecule has 1 N–H and O–H groups in total. The molecular formula is C25H22ClFO6. The van der Waals surface area contributed by atoms with Crippen LogP contribution in [0.2, 0.25) is 5.02 Å². The first kappa shape index (κ1) is 24.1. The van der Waals surface area contributed by atoms with E-state index in [4.69, 9.17) is 25.8 Å². The quantitative estimate of drug-likeness (QED) is 0.412. The van der Waals surface area contributed by atoms with E-state index in [1.54, 1.807) is 36.4 Å². The van der Waals surface area contributed by atoms with E-state index in [0.717, 1.165) is 0 Å². The van der Waals surface area contributed by atoms with Crippen molar-refractivity contribution in [1.82, 2.24) is 0 Å². The second kappa shape index (κ2) is 9.92. The molecule has 3 rings (SSSR count). The molecule has 33 heavy (non-hydrogen) atoms. The predicted molar refractivity (Wildman–Crippen MR) is 121 cm³/mol. The molecule has 0 aromatic heterocycles. The highest BCUT2D eigenvalue weighted by atomic mass is 35.5. The summed E-state index contributed by atoms with van der Waals surface area (Å²) in [5.41, 5.74) is -0.387. The van der Waals surface area contributed by atoms with Gasteiger partial charge in [-0.05, 0) is 62.4 Å². The van der Waals surface area contributed by atoms with Gasteiger partial charge < -0.3 is 19.3 Å². The molecule has 8 heteroatoms. The largest absolute Gasteiger partial charge is 0.497 e. The number of carboxylic acids is 1. The van der Waals surface area contributed by atoms with Crippen molar-refractivity contribution in [3.63, 3.8) is 0 Å². The Bertz CT molecular complexity index is 1170. The maximum absolute atomic E-state index is 13.2. The van der Waals surface area contributed by atoms with Gasteiger partial charge in [-0.3, -0.25) is 4.79 Å². The van der Waals surface area contributed by atoms with E-state index in [1.807, 2.05) is 0 Å². The van der Waals surface area contributed by atoms with E-state index in [0.29, 0.717) is 22.6 Å². The molecule has 3 aromatic carbocycles. The standard InChI is InChI=1S/C25H22ClFO6/c1-25(2,24(29)30)33-22-13-19(31-3)10-11-20(22)23(28)15-5-8-18(9-6-15)32-14-16-4-7-17(27)12-21(16)26/h4-13H,14H2,1-3H3,(H,29,30). The van der Waals surface area contributed by atoms with Crippen LogP contribution in [0.25, 0.3) is 0 Å². The summed E-state index contributed by atoms with van der Waals surface area (Å²) >= 11 is 6.01. The van der Waals surface area contributed by atoms with Crippen LogP contribution in [0, 0.1) is 5.82 Å². The lowest BCUT2D eigenvalue weighted by Gasteiger charge is -2.23. The number of rotatable bonds is 9. The maximum Gasteiger partial charge on any atom is 0.347 e. The van der Waals surface area contributed by atoms with Gasteiger partial charge in [0.05, 0.1) is 17.7 Å². The monoisotopic (exact) mass is 472 g/mol. The number of halogens is 2. The van der Waals surface area contributed by atoms with Gasteiger partial charge in [0.1, 0.15) is 29.7 Å². The highest BCUT2D eigenvalue weighted by Gasteiger charge is 2.31. The smallest absolute Gasteiger partial charge is 0.347 e. The number of aliphatic carboxylic acids is 1. The fourth-order valence-electron chi connectivity index (χ4n) is 2.88. The van der Waals surface area contributed by atoms with Crippen LogP contribution < -0.4 is 14.2 Å². The van der Waals surface area contributed by atoms with Crippen molar-refractivity contribution in [3.05, 3.63) is 88.2 Å². The fourth-order valence-corrected chi connectivity index (χ4v) is 3.10. The fraction of sp³-hybridized carbons (Fsp3) is 0.200. The van der Waals surface area contributed by atoms with Gasteiger partial charge in [0, 0.05) is 17.2 Å². The summed E-state index contributed by atoms with van der Waals surface area (Å²) < 4.78 is 29.7. The van der Waals surface area contributed by atoms with Gasteiger partial charge in [0.15, 0.2) is 11.4 Å². The summed E-state index contributed by atoms with van der Waals surface area (Å²) in [7, 11) is 1.46. The molecule has 0 saturated carbocycles. The molecule has 0 saturated heterocycles. The summed E-state index contributed by atoms with van der Waals surface area (Å²) in [6.45, 7) is 2.91. The molecule has 6 nitrogen and oxygen atoms in total. The van der Waals surface area contributed by atoms with E-state index in [-0.39, 0.29) is 28.7 Å². The van der Waals surface area contributed by atoms with Gasteiger partial charge in [0.2, 0.25) is 0 Å². The van der Waals surface area contributed by atoms with E-state index >= 15 is 0 Å². The average Bonchev–Trinajstić information content (AvgIpc) is 2.78. The normalized spacial score (nSPS) is 11.1.